The second kappa shape index (κ2) is 5.59. The van der Waals surface area contributed by atoms with Gasteiger partial charge in [0.05, 0.1) is 10.6 Å². The van der Waals surface area contributed by atoms with Crippen LogP contribution in [0, 0.1) is 0 Å². The molecule has 1 aromatic carbocycles. The van der Waals surface area contributed by atoms with Crippen molar-refractivity contribution in [1.29, 1.82) is 0 Å². The number of esters is 1. The number of hydrogen-bond acceptors (Lipinski definition) is 4. The first kappa shape index (κ1) is 13.2. The van der Waals surface area contributed by atoms with Crippen LogP contribution in [0.25, 0.3) is 0 Å². The predicted molar refractivity (Wildman–Crippen MR) is 71.8 cm³/mol. The average molecular weight is 269 g/mol. The SMILES string of the molecule is CN1CCC(OC(=O)c2ccc(N)cc2Cl)CC1. The van der Waals surface area contributed by atoms with Gasteiger partial charge >= 0.3 is 5.97 Å². The standard InChI is InChI=1S/C13H17ClN2O2/c1-16-6-4-10(5-7-16)18-13(17)11-3-2-9(15)8-12(11)14/h2-3,8,10H,4-7,15H2,1H3. The fraction of sp³-hybridized carbons (Fsp3) is 0.462. The van der Waals surface area contributed by atoms with Gasteiger partial charge in [-0.25, -0.2) is 4.79 Å². The highest BCUT2D eigenvalue weighted by Crippen LogP contribution is 2.22. The molecule has 0 aromatic heterocycles. The molecule has 0 amide bonds. The van der Waals surface area contributed by atoms with E-state index in [4.69, 9.17) is 22.1 Å². The molecule has 2 N–H and O–H groups in total. The maximum Gasteiger partial charge on any atom is 0.339 e. The van der Waals surface area contributed by atoms with E-state index in [-0.39, 0.29) is 12.1 Å². The number of nitrogens with zero attached hydrogens (tertiary/aromatic N) is 1. The predicted octanol–water partition coefficient (Wildman–Crippen LogP) is 2.17. The smallest absolute Gasteiger partial charge is 0.339 e. The van der Waals surface area contributed by atoms with E-state index in [2.05, 4.69) is 11.9 Å². The van der Waals surface area contributed by atoms with Crippen molar-refractivity contribution in [3.05, 3.63) is 28.8 Å². The second-order valence-corrected chi connectivity index (χ2v) is 5.05. The monoisotopic (exact) mass is 268 g/mol. The van der Waals surface area contributed by atoms with Gasteiger partial charge in [0, 0.05) is 18.8 Å². The molecule has 1 saturated heterocycles. The summed E-state index contributed by atoms with van der Waals surface area (Å²) in [5.74, 6) is -0.366. The molecule has 1 aliphatic heterocycles. The first-order chi connectivity index (χ1) is 8.56. The molecule has 0 unspecified atom stereocenters. The van der Waals surface area contributed by atoms with Gasteiger partial charge in [-0.1, -0.05) is 11.6 Å². The Morgan fingerprint density at radius 2 is 2.11 bits per heavy atom. The molecule has 0 aliphatic carbocycles. The second-order valence-electron chi connectivity index (χ2n) is 4.65. The Balaban J connectivity index is 1.99. The topological polar surface area (TPSA) is 55.6 Å². The molecule has 2 rings (SSSR count). The molecular formula is C13H17ClN2O2. The number of ether oxygens (including phenoxy) is 1. The molecule has 18 heavy (non-hydrogen) atoms. The molecule has 1 fully saturated rings. The van der Waals surface area contributed by atoms with Crippen molar-refractivity contribution in [3.8, 4) is 0 Å². The third-order valence-corrected chi connectivity index (χ3v) is 3.47. The van der Waals surface area contributed by atoms with Crippen LogP contribution in [0.5, 0.6) is 0 Å². The van der Waals surface area contributed by atoms with E-state index in [1.54, 1.807) is 18.2 Å². The molecule has 0 spiro atoms. The van der Waals surface area contributed by atoms with Gasteiger partial charge in [-0.15, -0.1) is 0 Å². The zero-order chi connectivity index (χ0) is 13.1. The van der Waals surface area contributed by atoms with Crippen LogP contribution in [0.2, 0.25) is 5.02 Å². The molecule has 0 radical (unpaired) electrons. The van der Waals surface area contributed by atoms with Gasteiger partial charge in [-0.05, 0) is 38.1 Å². The average Bonchev–Trinajstić information content (AvgIpc) is 2.32. The summed E-state index contributed by atoms with van der Waals surface area (Å²) in [6.07, 6.45) is 1.73. The van der Waals surface area contributed by atoms with Gasteiger partial charge in [0.15, 0.2) is 0 Å². The van der Waals surface area contributed by atoms with E-state index < -0.39 is 0 Å². The van der Waals surface area contributed by atoms with Gasteiger partial charge in [-0.3, -0.25) is 0 Å². The molecule has 0 bridgehead atoms. The van der Waals surface area contributed by atoms with Crippen LogP contribution in [-0.4, -0.2) is 37.1 Å². The fourth-order valence-corrected chi connectivity index (χ4v) is 2.28. The van der Waals surface area contributed by atoms with Crippen LogP contribution in [0.1, 0.15) is 23.2 Å². The van der Waals surface area contributed by atoms with Crippen LogP contribution in [0.15, 0.2) is 18.2 Å². The lowest BCUT2D eigenvalue weighted by atomic mass is 10.1. The Kier molecular flexibility index (Phi) is 4.09. The van der Waals surface area contributed by atoms with Crippen molar-refractivity contribution >= 4 is 23.3 Å². The summed E-state index contributed by atoms with van der Waals surface area (Å²) in [7, 11) is 2.06. The third kappa shape index (κ3) is 3.15. The van der Waals surface area contributed by atoms with Gasteiger partial charge in [0.1, 0.15) is 6.10 Å². The number of hydrogen-bond donors (Lipinski definition) is 1. The summed E-state index contributed by atoms with van der Waals surface area (Å²) < 4.78 is 5.46. The number of rotatable bonds is 2. The molecule has 0 atom stereocenters. The number of likely N-dealkylation sites (tertiary alicyclic amines) is 1. The molecule has 0 saturated carbocycles. The Hall–Kier alpha value is -1.26. The highest BCUT2D eigenvalue weighted by molar-refractivity contribution is 6.33. The van der Waals surface area contributed by atoms with E-state index in [0.29, 0.717) is 16.3 Å². The van der Waals surface area contributed by atoms with Gasteiger partial charge in [0.2, 0.25) is 0 Å². The molecule has 5 heteroatoms. The van der Waals surface area contributed by atoms with Crippen LogP contribution in [0.3, 0.4) is 0 Å². The Morgan fingerprint density at radius 1 is 1.44 bits per heavy atom. The molecule has 1 aliphatic rings. The Labute approximate surface area is 112 Å². The van der Waals surface area contributed by atoms with Crippen molar-refractivity contribution in [3.63, 3.8) is 0 Å². The number of benzene rings is 1. The van der Waals surface area contributed by atoms with Crippen LogP contribution >= 0.6 is 11.6 Å². The van der Waals surface area contributed by atoms with Crippen LogP contribution in [0.4, 0.5) is 5.69 Å². The maximum atomic E-state index is 12.0. The van der Waals surface area contributed by atoms with E-state index >= 15 is 0 Å². The lowest BCUT2D eigenvalue weighted by Gasteiger charge is -2.28. The van der Waals surface area contributed by atoms with Gasteiger partial charge in [0.25, 0.3) is 0 Å². The summed E-state index contributed by atoms with van der Waals surface area (Å²) in [5, 5.41) is 0.341. The van der Waals surface area contributed by atoms with E-state index in [0.717, 1.165) is 25.9 Å². The summed E-state index contributed by atoms with van der Waals surface area (Å²) in [5.41, 5.74) is 6.50. The van der Waals surface area contributed by atoms with Crippen molar-refractivity contribution in [2.75, 3.05) is 25.9 Å². The number of halogens is 1. The first-order valence-electron chi connectivity index (χ1n) is 6.01. The molecule has 98 valence electrons. The fourth-order valence-electron chi connectivity index (χ4n) is 2.01. The third-order valence-electron chi connectivity index (χ3n) is 3.15. The van der Waals surface area contributed by atoms with Gasteiger partial charge < -0.3 is 15.4 Å². The van der Waals surface area contributed by atoms with Gasteiger partial charge in [-0.2, -0.15) is 0 Å². The lowest BCUT2D eigenvalue weighted by molar-refractivity contribution is 0.0139. The molecular weight excluding hydrogens is 252 g/mol. The molecule has 4 nitrogen and oxygen atoms in total. The first-order valence-corrected chi connectivity index (χ1v) is 6.38. The minimum Gasteiger partial charge on any atom is -0.459 e. The van der Waals surface area contributed by atoms with Crippen molar-refractivity contribution in [2.45, 2.75) is 18.9 Å². The normalized spacial score (nSPS) is 17.7. The number of nitrogen functional groups attached to an aromatic ring is 1. The summed E-state index contributed by atoms with van der Waals surface area (Å²) in [6.45, 7) is 1.90. The number of piperidine rings is 1. The molecule has 1 heterocycles. The quantitative estimate of drug-likeness (QED) is 0.660. The largest absolute Gasteiger partial charge is 0.459 e. The van der Waals surface area contributed by atoms with E-state index in [1.165, 1.54) is 0 Å². The lowest BCUT2D eigenvalue weighted by Crippen LogP contribution is -2.35. The summed E-state index contributed by atoms with van der Waals surface area (Å²) in [4.78, 5) is 14.2. The van der Waals surface area contributed by atoms with E-state index in [9.17, 15) is 4.79 Å². The van der Waals surface area contributed by atoms with Crippen LogP contribution < -0.4 is 5.73 Å². The Bertz CT molecular complexity index is 443. The highest BCUT2D eigenvalue weighted by Gasteiger charge is 2.22. The highest BCUT2D eigenvalue weighted by atomic mass is 35.5. The van der Waals surface area contributed by atoms with E-state index in [1.807, 2.05) is 0 Å². The minimum atomic E-state index is -0.366. The number of carbonyl (C=O) groups is 1. The van der Waals surface area contributed by atoms with Crippen molar-refractivity contribution in [1.82, 2.24) is 4.90 Å². The maximum absolute atomic E-state index is 12.0. The number of nitrogens with two attached hydrogens (primary N) is 1. The Morgan fingerprint density at radius 3 is 2.72 bits per heavy atom. The van der Waals surface area contributed by atoms with Crippen molar-refractivity contribution in [2.24, 2.45) is 0 Å². The summed E-state index contributed by atoms with van der Waals surface area (Å²) in [6, 6.07) is 4.82. The molecule has 1 aromatic rings. The van der Waals surface area contributed by atoms with Crippen molar-refractivity contribution < 1.29 is 9.53 Å². The van der Waals surface area contributed by atoms with Crippen LogP contribution in [-0.2, 0) is 4.74 Å². The summed E-state index contributed by atoms with van der Waals surface area (Å²) >= 11 is 5.98. The zero-order valence-electron chi connectivity index (χ0n) is 10.4. The number of carbonyl (C=O) groups excluding carboxylic acids is 1. The minimum absolute atomic E-state index is 0.0117. The zero-order valence-corrected chi connectivity index (χ0v) is 11.1. The number of anilines is 1.